The quantitative estimate of drug-likeness (QED) is 0.787. The summed E-state index contributed by atoms with van der Waals surface area (Å²) in [4.78, 5) is 4.19. The van der Waals surface area contributed by atoms with Gasteiger partial charge in [0.15, 0.2) is 5.88 Å². The molecule has 0 saturated heterocycles. The van der Waals surface area contributed by atoms with Crippen molar-refractivity contribution in [1.29, 1.82) is 0 Å². The van der Waals surface area contributed by atoms with Crippen LogP contribution in [0.2, 0.25) is 0 Å². The molecule has 0 aliphatic carbocycles. The number of hydrogen-bond donors (Lipinski definition) is 2. The standard InChI is InChI=1S/C11H13N3O/c1-7-5-9(12)6-13-11(7)14-10-4-3-8(2)15-10/h3-6H,12H2,1-2H3,(H,13,14). The van der Waals surface area contributed by atoms with E-state index in [9.17, 15) is 0 Å². The predicted molar refractivity (Wildman–Crippen MR) is 60.1 cm³/mol. The minimum Gasteiger partial charge on any atom is -0.446 e. The number of furan rings is 1. The first-order chi connectivity index (χ1) is 7.15. The van der Waals surface area contributed by atoms with E-state index in [1.165, 1.54) is 0 Å². The molecule has 0 bridgehead atoms. The highest BCUT2D eigenvalue weighted by molar-refractivity contribution is 5.57. The Balaban J connectivity index is 2.24. The summed E-state index contributed by atoms with van der Waals surface area (Å²) in [5, 5.41) is 3.09. The summed E-state index contributed by atoms with van der Waals surface area (Å²) in [6, 6.07) is 5.63. The molecule has 2 aromatic heterocycles. The van der Waals surface area contributed by atoms with Gasteiger partial charge < -0.3 is 15.5 Å². The Kier molecular flexibility index (Phi) is 2.33. The molecular weight excluding hydrogens is 190 g/mol. The van der Waals surface area contributed by atoms with E-state index in [1.54, 1.807) is 6.20 Å². The lowest BCUT2D eigenvalue weighted by atomic mass is 10.2. The van der Waals surface area contributed by atoms with Gasteiger partial charge in [0, 0.05) is 6.07 Å². The molecule has 4 heteroatoms. The smallest absolute Gasteiger partial charge is 0.198 e. The fourth-order valence-electron chi connectivity index (χ4n) is 1.35. The van der Waals surface area contributed by atoms with Gasteiger partial charge in [-0.25, -0.2) is 4.98 Å². The minimum absolute atomic E-state index is 0.661. The number of anilines is 3. The molecule has 0 aliphatic rings. The average molecular weight is 203 g/mol. The van der Waals surface area contributed by atoms with Gasteiger partial charge in [-0.3, -0.25) is 0 Å². The van der Waals surface area contributed by atoms with Crippen molar-refractivity contribution >= 4 is 17.4 Å². The number of hydrogen-bond acceptors (Lipinski definition) is 4. The monoisotopic (exact) mass is 203 g/mol. The third-order valence-corrected chi connectivity index (χ3v) is 2.08. The number of nitrogen functional groups attached to an aromatic ring is 1. The van der Waals surface area contributed by atoms with E-state index in [1.807, 2.05) is 32.0 Å². The summed E-state index contributed by atoms with van der Waals surface area (Å²) >= 11 is 0. The Morgan fingerprint density at radius 1 is 1.33 bits per heavy atom. The van der Waals surface area contributed by atoms with E-state index in [0.29, 0.717) is 11.6 Å². The van der Waals surface area contributed by atoms with Gasteiger partial charge in [0.25, 0.3) is 0 Å². The molecule has 0 atom stereocenters. The van der Waals surface area contributed by atoms with Gasteiger partial charge in [-0.2, -0.15) is 0 Å². The Hall–Kier alpha value is -1.97. The highest BCUT2D eigenvalue weighted by Crippen LogP contribution is 2.21. The van der Waals surface area contributed by atoms with Crippen molar-refractivity contribution in [3.05, 3.63) is 35.7 Å². The molecule has 0 spiro atoms. The number of nitrogens with zero attached hydrogens (tertiary/aromatic N) is 1. The fourth-order valence-corrected chi connectivity index (χ4v) is 1.35. The summed E-state index contributed by atoms with van der Waals surface area (Å²) in [6.45, 7) is 3.84. The summed E-state index contributed by atoms with van der Waals surface area (Å²) in [5.41, 5.74) is 7.26. The van der Waals surface area contributed by atoms with E-state index >= 15 is 0 Å². The van der Waals surface area contributed by atoms with Crippen molar-refractivity contribution in [1.82, 2.24) is 4.98 Å². The van der Waals surface area contributed by atoms with Crippen molar-refractivity contribution in [3.63, 3.8) is 0 Å². The Labute approximate surface area is 88.1 Å². The minimum atomic E-state index is 0.661. The molecule has 0 fully saturated rings. The molecule has 0 amide bonds. The lowest BCUT2D eigenvalue weighted by molar-refractivity contribution is 0.551. The van der Waals surface area contributed by atoms with E-state index in [-0.39, 0.29) is 0 Å². The molecule has 0 unspecified atom stereocenters. The molecule has 2 heterocycles. The zero-order valence-electron chi connectivity index (χ0n) is 8.74. The average Bonchev–Trinajstić information content (AvgIpc) is 2.56. The molecular formula is C11H13N3O. The van der Waals surface area contributed by atoms with Crippen molar-refractivity contribution in [3.8, 4) is 0 Å². The number of nitrogens with two attached hydrogens (primary N) is 1. The lowest BCUT2D eigenvalue weighted by Crippen LogP contribution is -1.97. The molecule has 0 aromatic carbocycles. The van der Waals surface area contributed by atoms with E-state index in [4.69, 9.17) is 10.2 Å². The zero-order chi connectivity index (χ0) is 10.8. The Bertz CT molecular complexity index is 476. The summed E-state index contributed by atoms with van der Waals surface area (Å²) in [6.07, 6.45) is 1.62. The van der Waals surface area contributed by atoms with Crippen LogP contribution >= 0.6 is 0 Å². The van der Waals surface area contributed by atoms with Gasteiger partial charge in [-0.1, -0.05) is 0 Å². The van der Waals surface area contributed by atoms with Gasteiger partial charge in [-0.05, 0) is 31.5 Å². The van der Waals surface area contributed by atoms with Crippen molar-refractivity contribution in [2.75, 3.05) is 11.1 Å². The maximum absolute atomic E-state index is 5.61. The van der Waals surface area contributed by atoms with Gasteiger partial charge in [-0.15, -0.1) is 0 Å². The van der Waals surface area contributed by atoms with Crippen LogP contribution in [0.5, 0.6) is 0 Å². The molecule has 4 nitrogen and oxygen atoms in total. The maximum atomic E-state index is 5.61. The van der Waals surface area contributed by atoms with Crippen LogP contribution in [0.25, 0.3) is 0 Å². The SMILES string of the molecule is Cc1ccc(Nc2ncc(N)cc2C)o1. The summed E-state index contributed by atoms with van der Waals surface area (Å²) in [7, 11) is 0. The first-order valence-corrected chi connectivity index (χ1v) is 4.71. The number of aromatic nitrogens is 1. The molecule has 3 N–H and O–H groups in total. The van der Waals surface area contributed by atoms with Crippen molar-refractivity contribution in [2.24, 2.45) is 0 Å². The van der Waals surface area contributed by atoms with Gasteiger partial charge >= 0.3 is 0 Å². The van der Waals surface area contributed by atoms with Crippen LogP contribution in [-0.4, -0.2) is 4.98 Å². The van der Waals surface area contributed by atoms with Crippen LogP contribution in [0.4, 0.5) is 17.4 Å². The molecule has 0 saturated carbocycles. The number of aryl methyl sites for hydroxylation is 2. The van der Waals surface area contributed by atoms with Gasteiger partial charge in [0.05, 0.1) is 11.9 Å². The molecule has 0 aliphatic heterocycles. The fraction of sp³-hybridized carbons (Fsp3) is 0.182. The predicted octanol–water partition coefficient (Wildman–Crippen LogP) is 2.62. The largest absolute Gasteiger partial charge is 0.446 e. The highest BCUT2D eigenvalue weighted by atomic mass is 16.4. The highest BCUT2D eigenvalue weighted by Gasteiger charge is 2.03. The number of pyridine rings is 1. The molecule has 78 valence electrons. The third kappa shape index (κ3) is 2.10. The first kappa shape index (κ1) is 9.58. The first-order valence-electron chi connectivity index (χ1n) is 4.71. The van der Waals surface area contributed by atoms with Crippen molar-refractivity contribution in [2.45, 2.75) is 13.8 Å². The third-order valence-electron chi connectivity index (χ3n) is 2.08. The normalized spacial score (nSPS) is 10.3. The molecule has 15 heavy (non-hydrogen) atoms. The van der Waals surface area contributed by atoms with Crippen LogP contribution < -0.4 is 11.1 Å². The van der Waals surface area contributed by atoms with Crippen molar-refractivity contribution < 1.29 is 4.42 Å². The van der Waals surface area contributed by atoms with E-state index in [0.717, 1.165) is 17.1 Å². The van der Waals surface area contributed by atoms with Crippen LogP contribution in [0.1, 0.15) is 11.3 Å². The second kappa shape index (κ2) is 3.65. The van der Waals surface area contributed by atoms with Crippen LogP contribution in [0, 0.1) is 13.8 Å². The topological polar surface area (TPSA) is 64.1 Å². The van der Waals surface area contributed by atoms with Crippen LogP contribution in [0.3, 0.4) is 0 Å². The molecule has 2 aromatic rings. The van der Waals surface area contributed by atoms with Crippen LogP contribution in [0.15, 0.2) is 28.8 Å². The zero-order valence-corrected chi connectivity index (χ0v) is 8.74. The van der Waals surface area contributed by atoms with E-state index in [2.05, 4.69) is 10.3 Å². The van der Waals surface area contributed by atoms with Gasteiger partial charge in [0.1, 0.15) is 11.6 Å². The van der Waals surface area contributed by atoms with Crippen LogP contribution in [-0.2, 0) is 0 Å². The van der Waals surface area contributed by atoms with Gasteiger partial charge in [0.2, 0.25) is 0 Å². The lowest BCUT2D eigenvalue weighted by Gasteiger charge is -2.05. The molecule has 0 radical (unpaired) electrons. The number of rotatable bonds is 2. The molecule has 2 rings (SSSR count). The number of nitrogens with one attached hydrogen (secondary N) is 1. The Morgan fingerprint density at radius 3 is 2.73 bits per heavy atom. The van der Waals surface area contributed by atoms with E-state index < -0.39 is 0 Å². The second-order valence-electron chi connectivity index (χ2n) is 3.47. The Morgan fingerprint density at radius 2 is 2.13 bits per heavy atom. The summed E-state index contributed by atoms with van der Waals surface area (Å²) < 4.78 is 5.39. The maximum Gasteiger partial charge on any atom is 0.198 e. The second-order valence-corrected chi connectivity index (χ2v) is 3.47. The summed E-state index contributed by atoms with van der Waals surface area (Å²) in [5.74, 6) is 2.32.